The Labute approximate surface area is 90.3 Å². The van der Waals surface area contributed by atoms with E-state index in [1.165, 1.54) is 12.8 Å². The monoisotopic (exact) mass is 231 g/mol. The first-order valence-corrected chi connectivity index (χ1v) is 7.54. The standard InChI is InChI=1S/C10H17NO3S/c12-15(13)6-4-10(7-15)11-5-3-9(14-10)8-1-2-8/h8-9,11H,1-7H2. The molecule has 0 aromatic heterocycles. The maximum absolute atomic E-state index is 11.5. The van der Waals surface area contributed by atoms with Gasteiger partial charge in [0.25, 0.3) is 0 Å². The summed E-state index contributed by atoms with van der Waals surface area (Å²) >= 11 is 0. The van der Waals surface area contributed by atoms with E-state index in [0.29, 0.717) is 18.4 Å². The van der Waals surface area contributed by atoms with E-state index in [2.05, 4.69) is 5.32 Å². The normalized spacial score (nSPS) is 44.7. The van der Waals surface area contributed by atoms with Crippen LogP contribution in [0.15, 0.2) is 0 Å². The van der Waals surface area contributed by atoms with Gasteiger partial charge in [0, 0.05) is 13.0 Å². The van der Waals surface area contributed by atoms with Gasteiger partial charge in [-0.1, -0.05) is 0 Å². The number of nitrogens with one attached hydrogen (secondary N) is 1. The zero-order chi connectivity index (χ0) is 10.5. The van der Waals surface area contributed by atoms with Gasteiger partial charge in [0.2, 0.25) is 0 Å². The number of hydrogen-bond donors (Lipinski definition) is 1. The van der Waals surface area contributed by atoms with Crippen LogP contribution in [0.25, 0.3) is 0 Å². The van der Waals surface area contributed by atoms with Crippen LogP contribution in [0.3, 0.4) is 0 Å². The topological polar surface area (TPSA) is 55.4 Å². The molecule has 1 saturated carbocycles. The third kappa shape index (κ3) is 1.92. The van der Waals surface area contributed by atoms with E-state index in [0.717, 1.165) is 13.0 Å². The molecule has 0 aromatic rings. The largest absolute Gasteiger partial charge is 0.356 e. The van der Waals surface area contributed by atoms with Crippen LogP contribution < -0.4 is 5.32 Å². The molecule has 4 nitrogen and oxygen atoms in total. The zero-order valence-electron chi connectivity index (χ0n) is 8.74. The fraction of sp³-hybridized carbons (Fsp3) is 1.00. The number of sulfone groups is 1. The maximum atomic E-state index is 11.5. The van der Waals surface area contributed by atoms with Gasteiger partial charge in [-0.15, -0.1) is 0 Å². The molecule has 2 aliphatic heterocycles. The Balaban J connectivity index is 1.75. The van der Waals surface area contributed by atoms with Gasteiger partial charge in [-0.3, -0.25) is 5.32 Å². The van der Waals surface area contributed by atoms with Gasteiger partial charge in [-0.2, -0.15) is 0 Å². The Morgan fingerprint density at radius 1 is 1.27 bits per heavy atom. The summed E-state index contributed by atoms with van der Waals surface area (Å²) in [6.45, 7) is 0.899. The molecule has 0 aromatic carbocycles. The van der Waals surface area contributed by atoms with Gasteiger partial charge in [0.1, 0.15) is 5.72 Å². The minimum Gasteiger partial charge on any atom is -0.356 e. The Morgan fingerprint density at radius 2 is 2.07 bits per heavy atom. The van der Waals surface area contributed by atoms with Crippen LogP contribution in [0, 0.1) is 5.92 Å². The molecule has 15 heavy (non-hydrogen) atoms. The second-order valence-corrected chi connectivity index (χ2v) is 7.23. The third-order valence-corrected chi connectivity index (χ3v) is 5.40. The second-order valence-electron chi connectivity index (χ2n) is 5.05. The lowest BCUT2D eigenvalue weighted by atomic mass is 10.1. The van der Waals surface area contributed by atoms with Gasteiger partial charge >= 0.3 is 0 Å². The molecule has 2 unspecified atom stereocenters. The molecule has 86 valence electrons. The summed E-state index contributed by atoms with van der Waals surface area (Å²) in [6.07, 6.45) is 4.48. The van der Waals surface area contributed by atoms with E-state index >= 15 is 0 Å². The highest BCUT2D eigenvalue weighted by molar-refractivity contribution is 7.91. The molecule has 5 heteroatoms. The van der Waals surface area contributed by atoms with E-state index in [9.17, 15) is 8.42 Å². The molecular weight excluding hydrogens is 214 g/mol. The molecule has 1 spiro atoms. The molecule has 0 amide bonds. The van der Waals surface area contributed by atoms with Crippen molar-refractivity contribution in [1.82, 2.24) is 5.32 Å². The minimum absolute atomic E-state index is 0.170. The molecule has 2 saturated heterocycles. The first-order valence-electron chi connectivity index (χ1n) is 5.72. The van der Waals surface area contributed by atoms with Crippen LogP contribution in [0.2, 0.25) is 0 Å². The highest BCUT2D eigenvalue weighted by Gasteiger charge is 2.48. The van der Waals surface area contributed by atoms with Crippen molar-refractivity contribution in [3.05, 3.63) is 0 Å². The van der Waals surface area contributed by atoms with Crippen LogP contribution >= 0.6 is 0 Å². The number of rotatable bonds is 1. The SMILES string of the molecule is O=S1(=O)CCC2(C1)NCCC(C1CC1)O2. The Hall–Kier alpha value is -0.130. The van der Waals surface area contributed by atoms with Crippen molar-refractivity contribution in [3.63, 3.8) is 0 Å². The molecule has 3 rings (SSSR count). The van der Waals surface area contributed by atoms with Crippen molar-refractivity contribution in [1.29, 1.82) is 0 Å². The molecule has 1 N–H and O–H groups in total. The highest BCUT2D eigenvalue weighted by atomic mass is 32.2. The Morgan fingerprint density at radius 3 is 2.67 bits per heavy atom. The smallest absolute Gasteiger partial charge is 0.154 e. The van der Waals surface area contributed by atoms with Crippen molar-refractivity contribution in [3.8, 4) is 0 Å². The summed E-state index contributed by atoms with van der Waals surface area (Å²) in [7, 11) is -2.87. The molecule has 0 bridgehead atoms. The first-order chi connectivity index (χ1) is 7.09. The van der Waals surface area contributed by atoms with Crippen molar-refractivity contribution >= 4 is 9.84 Å². The number of ether oxygens (including phenoxy) is 1. The molecule has 1 aliphatic carbocycles. The Kier molecular flexibility index (Phi) is 2.13. The van der Waals surface area contributed by atoms with Gasteiger partial charge in [-0.05, 0) is 25.2 Å². The number of hydrogen-bond acceptors (Lipinski definition) is 4. The van der Waals surface area contributed by atoms with Crippen LogP contribution in [0.5, 0.6) is 0 Å². The van der Waals surface area contributed by atoms with E-state index in [1.807, 2.05) is 0 Å². The van der Waals surface area contributed by atoms with Gasteiger partial charge in [0.15, 0.2) is 9.84 Å². The fourth-order valence-electron chi connectivity index (χ4n) is 2.68. The summed E-state index contributed by atoms with van der Waals surface area (Å²) in [5, 5.41) is 3.26. The van der Waals surface area contributed by atoms with E-state index < -0.39 is 15.6 Å². The van der Waals surface area contributed by atoms with Crippen LogP contribution in [-0.2, 0) is 14.6 Å². The predicted molar refractivity (Wildman–Crippen MR) is 56.2 cm³/mol. The quantitative estimate of drug-likeness (QED) is 0.705. The van der Waals surface area contributed by atoms with Crippen molar-refractivity contribution < 1.29 is 13.2 Å². The van der Waals surface area contributed by atoms with Crippen LogP contribution in [0.4, 0.5) is 0 Å². The average molecular weight is 231 g/mol. The minimum atomic E-state index is -2.87. The fourth-order valence-corrected chi connectivity index (χ4v) is 4.49. The summed E-state index contributed by atoms with van der Waals surface area (Å²) in [4.78, 5) is 0. The average Bonchev–Trinajstić information content (AvgIpc) is 2.95. The van der Waals surface area contributed by atoms with Crippen molar-refractivity contribution in [2.24, 2.45) is 5.92 Å². The molecule has 2 atom stereocenters. The zero-order valence-corrected chi connectivity index (χ0v) is 9.55. The van der Waals surface area contributed by atoms with E-state index in [-0.39, 0.29) is 11.5 Å². The lowest BCUT2D eigenvalue weighted by Gasteiger charge is -2.39. The van der Waals surface area contributed by atoms with Crippen LogP contribution in [0.1, 0.15) is 25.7 Å². The summed E-state index contributed by atoms with van der Waals surface area (Å²) in [5.41, 5.74) is -0.537. The van der Waals surface area contributed by atoms with Gasteiger partial charge < -0.3 is 4.74 Å². The van der Waals surface area contributed by atoms with E-state index in [4.69, 9.17) is 4.74 Å². The summed E-state index contributed by atoms with van der Waals surface area (Å²) in [6, 6.07) is 0. The summed E-state index contributed by atoms with van der Waals surface area (Å²) < 4.78 is 29.0. The Bertz CT molecular complexity index is 363. The lowest BCUT2D eigenvalue weighted by Crippen LogP contribution is -2.56. The first kappa shape index (κ1) is 10.1. The van der Waals surface area contributed by atoms with Gasteiger partial charge in [0.05, 0.1) is 17.6 Å². The van der Waals surface area contributed by atoms with E-state index in [1.54, 1.807) is 0 Å². The predicted octanol–water partition coefficient (Wildman–Crippen LogP) is 0.290. The lowest BCUT2D eigenvalue weighted by molar-refractivity contribution is -0.134. The van der Waals surface area contributed by atoms with Crippen molar-refractivity contribution in [2.75, 3.05) is 18.1 Å². The molecule has 3 fully saturated rings. The molecule has 2 heterocycles. The van der Waals surface area contributed by atoms with Crippen molar-refractivity contribution in [2.45, 2.75) is 37.5 Å². The molecule has 3 aliphatic rings. The highest BCUT2D eigenvalue weighted by Crippen LogP contribution is 2.40. The molecule has 0 radical (unpaired) electrons. The second kappa shape index (κ2) is 3.18. The maximum Gasteiger partial charge on any atom is 0.154 e. The molecular formula is C10H17NO3S. The third-order valence-electron chi connectivity index (χ3n) is 3.67. The van der Waals surface area contributed by atoms with Gasteiger partial charge in [-0.25, -0.2) is 8.42 Å². The van der Waals surface area contributed by atoms with Crippen LogP contribution in [-0.4, -0.2) is 38.3 Å². The summed E-state index contributed by atoms with van der Waals surface area (Å²) in [5.74, 6) is 1.15.